The molecular formula is C51H52Cl2Zr. The van der Waals surface area contributed by atoms with Crippen LogP contribution in [-0.2, 0) is 24.7 Å². The summed E-state index contributed by atoms with van der Waals surface area (Å²) >= 11 is -5.18. The quantitative estimate of drug-likeness (QED) is 0.150. The van der Waals surface area contributed by atoms with Gasteiger partial charge in [-0.25, -0.2) is 0 Å². The van der Waals surface area contributed by atoms with Gasteiger partial charge in [-0.3, -0.25) is 0 Å². The fraction of sp³-hybridized carbons (Fsp3) is 0.196. The van der Waals surface area contributed by atoms with Crippen molar-refractivity contribution in [3.05, 3.63) is 183 Å². The van der Waals surface area contributed by atoms with Crippen LogP contribution in [0, 0.1) is 25.2 Å². The van der Waals surface area contributed by atoms with Crippen molar-refractivity contribution in [2.75, 3.05) is 0 Å². The number of aryl methyl sites for hydroxylation is 2. The predicted octanol–water partition coefficient (Wildman–Crippen LogP) is 12.3. The maximum atomic E-state index is 5.97. The summed E-state index contributed by atoms with van der Waals surface area (Å²) < 4.78 is 11.9. The standard InChI is InChI=1S/C25H17.C11H17.2C7H7.CH2.2ClH.Zr/c1-3-7-18(8-4-1)20-11-13-24-22(15-20)17-23-16-21(12-14-25(23)24)19-9-5-2-6-10-19;1-5-9-6-7-10(8-9)11(2,3)4;2*1-7-5-3-2-4-6-7;;;;/h1-15H,17H2;7-9H,5H2,1-4H3;2*3-6H,1H3;1H2;2*1H;. The van der Waals surface area contributed by atoms with Gasteiger partial charge in [0.25, 0.3) is 0 Å². The van der Waals surface area contributed by atoms with Gasteiger partial charge in [-0.2, -0.15) is 0 Å². The van der Waals surface area contributed by atoms with Crippen LogP contribution in [0.15, 0.2) is 161 Å². The fourth-order valence-corrected chi connectivity index (χ4v) is 26.5. The van der Waals surface area contributed by atoms with Crippen LogP contribution in [0.2, 0.25) is 0 Å². The molecule has 0 nitrogen and oxygen atoms in total. The number of hydrogen-bond donors (Lipinski definition) is 0. The Bertz CT molecular complexity index is 2390. The molecular weight excluding hydrogens is 775 g/mol. The second-order valence-electron chi connectivity index (χ2n) is 16.5. The molecule has 3 heteroatoms. The van der Waals surface area contributed by atoms with Gasteiger partial charge in [-0.1, -0.05) is 0 Å². The van der Waals surface area contributed by atoms with Crippen molar-refractivity contribution >= 4 is 38.8 Å². The van der Waals surface area contributed by atoms with Gasteiger partial charge in [0.1, 0.15) is 0 Å². The van der Waals surface area contributed by atoms with Crippen molar-refractivity contribution in [2.24, 2.45) is 11.3 Å². The van der Waals surface area contributed by atoms with E-state index in [2.05, 4.69) is 193 Å². The van der Waals surface area contributed by atoms with Crippen molar-refractivity contribution in [2.45, 2.75) is 54.4 Å². The zero-order chi connectivity index (χ0) is 36.3. The van der Waals surface area contributed by atoms with Gasteiger partial charge in [0.05, 0.1) is 0 Å². The first kappa shape index (κ1) is 39.8. The molecule has 0 aliphatic heterocycles. The topological polar surface area (TPSA) is 0 Å². The number of benzene rings is 6. The zero-order valence-corrected chi connectivity index (χ0v) is 36.5. The van der Waals surface area contributed by atoms with Crippen LogP contribution in [0.1, 0.15) is 56.4 Å². The van der Waals surface area contributed by atoms with Crippen molar-refractivity contribution in [3.63, 3.8) is 0 Å². The molecule has 0 radical (unpaired) electrons. The van der Waals surface area contributed by atoms with Crippen LogP contribution in [0.25, 0.3) is 33.4 Å². The molecule has 0 spiro atoms. The second-order valence-corrected chi connectivity index (χ2v) is 29.1. The maximum absolute atomic E-state index is 5.97. The molecule has 1 unspecified atom stereocenters. The number of allylic oxidation sites excluding steroid dienone is 4. The molecule has 2 aliphatic carbocycles. The van der Waals surface area contributed by atoms with Gasteiger partial charge >= 0.3 is 314 Å². The predicted molar refractivity (Wildman–Crippen MR) is 238 cm³/mol. The number of halogens is 2. The number of fused-ring (bicyclic) bond motifs is 3. The number of hydrogen-bond acceptors (Lipinski definition) is 0. The summed E-state index contributed by atoms with van der Waals surface area (Å²) in [6.45, 7) is 13.9. The number of rotatable bonds is 7. The van der Waals surface area contributed by atoms with Crippen LogP contribution in [0.3, 0.4) is 0 Å². The average molecular weight is 827 g/mol. The summed E-state index contributed by atoms with van der Waals surface area (Å²) in [6, 6.07) is 53.2. The summed E-state index contributed by atoms with van der Waals surface area (Å²) in [4.78, 5) is 0. The average Bonchev–Trinajstić information content (AvgIpc) is 3.78. The van der Waals surface area contributed by atoms with Crippen molar-refractivity contribution in [1.82, 2.24) is 0 Å². The van der Waals surface area contributed by atoms with E-state index in [1.54, 1.807) is 3.28 Å². The monoisotopic (exact) mass is 824 g/mol. The third-order valence-corrected chi connectivity index (χ3v) is 28.6. The normalized spacial score (nSPS) is 15.0. The van der Waals surface area contributed by atoms with Crippen LogP contribution >= 0.6 is 24.8 Å². The summed E-state index contributed by atoms with van der Waals surface area (Å²) in [6.07, 6.45) is 7.17. The molecule has 1 atom stereocenters. The Morgan fingerprint density at radius 3 is 1.67 bits per heavy atom. The van der Waals surface area contributed by atoms with Crippen LogP contribution in [0.4, 0.5) is 0 Å². The minimum absolute atomic E-state index is 0. The first-order valence-corrected chi connectivity index (χ1v) is 25.7. The molecule has 6 aromatic rings. The van der Waals surface area contributed by atoms with Gasteiger partial charge in [0, 0.05) is 0 Å². The zero-order valence-electron chi connectivity index (χ0n) is 32.4. The van der Waals surface area contributed by atoms with E-state index in [9.17, 15) is 0 Å². The minimum atomic E-state index is -5.18. The molecule has 8 rings (SSSR count). The molecule has 0 fully saturated rings. The van der Waals surface area contributed by atoms with Crippen molar-refractivity contribution < 1.29 is 18.3 Å². The van der Waals surface area contributed by atoms with Gasteiger partial charge in [0.2, 0.25) is 0 Å². The SMILES string of the molecule is Cl.Cl.[CH2]=[Zr]([C]1=CC(C(C)(C)C)=CC1CC)([c]1ccc(C)cc1)([c]1ccc(C)cc1)[c]1c(-c2ccccc2)ccc2c1Cc1cc(-c3ccccc3)ccc1-2. The second kappa shape index (κ2) is 15.0. The Balaban J connectivity index is 0.00000249. The van der Waals surface area contributed by atoms with E-state index >= 15 is 0 Å². The third-order valence-electron chi connectivity index (χ3n) is 12.2. The summed E-state index contributed by atoms with van der Waals surface area (Å²) in [7, 11) is 0. The van der Waals surface area contributed by atoms with Gasteiger partial charge < -0.3 is 0 Å². The molecule has 54 heavy (non-hydrogen) atoms. The van der Waals surface area contributed by atoms with Gasteiger partial charge in [-0.15, -0.1) is 24.8 Å². The van der Waals surface area contributed by atoms with E-state index in [1.807, 2.05) is 0 Å². The Morgan fingerprint density at radius 2 is 1.13 bits per heavy atom. The van der Waals surface area contributed by atoms with Crippen molar-refractivity contribution in [1.29, 1.82) is 0 Å². The van der Waals surface area contributed by atoms with E-state index in [1.165, 1.54) is 71.0 Å². The van der Waals surface area contributed by atoms with Gasteiger partial charge in [0.15, 0.2) is 0 Å². The third kappa shape index (κ3) is 6.31. The Kier molecular flexibility index (Phi) is 11.1. The molecule has 0 heterocycles. The molecule has 274 valence electrons. The van der Waals surface area contributed by atoms with E-state index < -0.39 is 18.3 Å². The van der Waals surface area contributed by atoms with E-state index in [-0.39, 0.29) is 30.2 Å². The molecule has 6 aromatic carbocycles. The van der Waals surface area contributed by atoms with Crippen LogP contribution in [-0.4, -0.2) is 4.21 Å². The summed E-state index contributed by atoms with van der Waals surface area (Å²) in [5.74, 6) is 0.299. The molecule has 0 saturated heterocycles. The molecule has 0 N–H and O–H groups in total. The molecule has 0 aromatic heterocycles. The van der Waals surface area contributed by atoms with E-state index in [0.29, 0.717) is 5.92 Å². The summed E-state index contributed by atoms with van der Waals surface area (Å²) in [5.41, 5.74) is 14.7. The molecule has 0 bridgehead atoms. The Hall–Kier alpha value is -3.87. The molecule has 0 saturated carbocycles. The van der Waals surface area contributed by atoms with Gasteiger partial charge in [-0.05, 0) is 0 Å². The molecule has 0 amide bonds. The van der Waals surface area contributed by atoms with E-state index in [0.717, 1.165) is 12.8 Å². The fourth-order valence-electron chi connectivity index (χ4n) is 9.35. The van der Waals surface area contributed by atoms with Crippen LogP contribution < -0.4 is 9.81 Å². The Morgan fingerprint density at radius 1 is 0.611 bits per heavy atom. The van der Waals surface area contributed by atoms with E-state index in [4.69, 9.17) is 4.21 Å². The van der Waals surface area contributed by atoms with Crippen LogP contribution in [0.5, 0.6) is 0 Å². The summed E-state index contributed by atoms with van der Waals surface area (Å²) in [5, 5.41) is 0. The molecule has 2 aliphatic rings. The Labute approximate surface area is 336 Å². The van der Waals surface area contributed by atoms with Crippen molar-refractivity contribution in [3.8, 4) is 33.4 Å². The first-order valence-electron chi connectivity index (χ1n) is 19.0. The first-order chi connectivity index (χ1) is 25.0.